The molecule has 0 aromatic carbocycles. The molecule has 7 amide bonds. The van der Waals surface area contributed by atoms with Crippen LogP contribution in [-0.2, 0) is 62.2 Å². The molecule has 7 aliphatic heterocycles. The van der Waals surface area contributed by atoms with Crippen LogP contribution in [0.3, 0.4) is 0 Å². The molecule has 0 bridgehead atoms. The number of hydrogen-bond donors (Lipinski definition) is 0. The first kappa shape index (κ1) is 70.4. The normalized spacial score (nSPS) is 16.4. The van der Waals surface area contributed by atoms with Crippen LogP contribution in [0.4, 0.5) is 0 Å². The summed E-state index contributed by atoms with van der Waals surface area (Å²) >= 11 is 0. The van der Waals surface area contributed by atoms with E-state index in [1.807, 2.05) is 0 Å². The van der Waals surface area contributed by atoms with Gasteiger partial charge in [0.25, 0.3) is 0 Å². The zero-order chi connectivity index (χ0) is 56.9. The molecule has 0 atom stereocenters. The quantitative estimate of drug-likeness (QED) is 0.119. The van der Waals surface area contributed by atoms with Crippen LogP contribution in [0.2, 0.25) is 0 Å². The maximum Gasteiger partial charge on any atom is 0.307 e. The van der Waals surface area contributed by atoms with Gasteiger partial charge in [0, 0.05) is 112 Å². The van der Waals surface area contributed by atoms with Gasteiger partial charge in [0.2, 0.25) is 41.4 Å². The molecule has 7 heterocycles. The number of nitrogens with zero attached hydrogens (tertiary/aromatic N) is 7. The van der Waals surface area contributed by atoms with Crippen LogP contribution in [0, 0.1) is 0 Å². The summed E-state index contributed by atoms with van der Waals surface area (Å²) in [6.45, 7) is 44.0. The molecule has 7 fully saturated rings. The van der Waals surface area contributed by atoms with Crippen molar-refractivity contribution in [1.82, 2.24) is 34.3 Å². The van der Waals surface area contributed by atoms with Crippen molar-refractivity contribution in [3.05, 3.63) is 128 Å². The molecule has 0 aromatic heterocycles. The zero-order valence-corrected chi connectivity index (χ0v) is 44.1. The monoisotopic (exact) mass is 1040 g/mol. The summed E-state index contributed by atoms with van der Waals surface area (Å²) in [4.78, 5) is 115. The van der Waals surface area contributed by atoms with E-state index in [0.29, 0.717) is 44.9 Å². The Morgan fingerprint density at radius 1 is 0.297 bits per heavy atom. The van der Waals surface area contributed by atoms with Crippen LogP contribution in [0.25, 0.3) is 0 Å². The predicted octanol–water partition coefficient (Wildman–Crippen LogP) is 7.35. The van der Waals surface area contributed by atoms with Gasteiger partial charge in [0.15, 0.2) is 0 Å². The second-order valence-corrected chi connectivity index (χ2v) is 15.4. The molecule has 0 saturated carbocycles. The number of carbonyl (C=O) groups excluding carboxylic acids is 10. The molecule has 0 radical (unpaired) electrons. The number of ether oxygens (including phenoxy) is 3. The van der Waals surface area contributed by atoms with Crippen LogP contribution < -0.4 is 0 Å². The van der Waals surface area contributed by atoms with Crippen molar-refractivity contribution in [3.8, 4) is 0 Å². The van der Waals surface area contributed by atoms with Crippen molar-refractivity contribution in [2.45, 2.75) is 111 Å². The molecule has 20 nitrogen and oxygen atoms in total. The van der Waals surface area contributed by atoms with Gasteiger partial charge < -0.3 is 48.5 Å². The van der Waals surface area contributed by atoms with Gasteiger partial charge >= 0.3 is 17.9 Å². The van der Waals surface area contributed by atoms with Crippen LogP contribution in [0.5, 0.6) is 0 Å². The van der Waals surface area contributed by atoms with Gasteiger partial charge in [-0.15, -0.1) is 0 Å². The molecule has 0 aromatic rings. The summed E-state index contributed by atoms with van der Waals surface area (Å²) in [7, 11) is 0. The molecule has 7 aliphatic rings. The highest BCUT2D eigenvalue weighted by molar-refractivity contribution is 5.81. The van der Waals surface area contributed by atoms with Crippen LogP contribution in [0.15, 0.2) is 128 Å². The minimum absolute atomic E-state index is 0.208. The van der Waals surface area contributed by atoms with E-state index in [2.05, 4.69) is 80.0 Å². The lowest BCUT2D eigenvalue weighted by Crippen LogP contribution is -2.16. The maximum atomic E-state index is 10.7. The summed E-state index contributed by atoms with van der Waals surface area (Å²) in [5.74, 6) is 0.472. The summed E-state index contributed by atoms with van der Waals surface area (Å²) in [6, 6.07) is 0. The average Bonchev–Trinajstić information content (AvgIpc) is 4.26. The van der Waals surface area contributed by atoms with Gasteiger partial charge in [0.1, 0.15) is 0 Å². The molecule has 20 heteroatoms. The van der Waals surface area contributed by atoms with Gasteiger partial charge in [-0.05, 0) is 88.3 Å². The number of esters is 3. The van der Waals surface area contributed by atoms with Crippen molar-refractivity contribution in [1.29, 1.82) is 0 Å². The van der Waals surface area contributed by atoms with E-state index in [0.717, 1.165) is 110 Å². The number of rotatable bonds is 10. The van der Waals surface area contributed by atoms with Gasteiger partial charge in [-0.2, -0.15) is 0 Å². The summed E-state index contributed by atoms with van der Waals surface area (Å²) in [6.07, 6.45) is 26.3. The van der Waals surface area contributed by atoms with Crippen molar-refractivity contribution < 1.29 is 62.2 Å². The average molecular weight is 1040 g/mol. The number of hydrogen-bond acceptors (Lipinski definition) is 13. The van der Waals surface area contributed by atoms with Crippen molar-refractivity contribution >= 4 is 59.3 Å². The molecule has 0 aliphatic carbocycles. The van der Waals surface area contributed by atoms with Gasteiger partial charge in [-0.3, -0.25) is 47.9 Å². The second kappa shape index (κ2) is 45.0. The third-order valence-electron chi connectivity index (χ3n) is 10.1. The first-order chi connectivity index (χ1) is 35.2. The molecule has 410 valence electrons. The molecular formula is C54H81N7O13. The fraction of sp³-hybridized carbons (Fsp3) is 0.444. The molecule has 0 spiro atoms. The standard InChI is InChI=1S/7C6H9NO.3C4H6O2/c7*1-2-7-5-3-4-6(7)8;3*1-3-6-4(2)5/h7*2H,1,3-5H2;3*3H,1H2,2H3. The Balaban J connectivity index is -0.000000759. The highest BCUT2D eigenvalue weighted by atomic mass is 16.5. The fourth-order valence-corrected chi connectivity index (χ4v) is 6.39. The van der Waals surface area contributed by atoms with Gasteiger partial charge in [0.05, 0.1) is 18.8 Å². The largest absolute Gasteiger partial charge is 0.435 e. The predicted molar refractivity (Wildman–Crippen MR) is 284 cm³/mol. The minimum Gasteiger partial charge on any atom is -0.435 e. The van der Waals surface area contributed by atoms with E-state index in [1.165, 1.54) is 20.8 Å². The first-order valence-electron chi connectivity index (χ1n) is 24.0. The highest BCUT2D eigenvalue weighted by Gasteiger charge is 2.20. The summed E-state index contributed by atoms with van der Waals surface area (Å²) < 4.78 is 12.5. The Kier molecular flexibility index (Phi) is 42.8. The zero-order valence-electron chi connectivity index (χ0n) is 44.1. The third-order valence-corrected chi connectivity index (χ3v) is 10.1. The smallest absolute Gasteiger partial charge is 0.307 e. The summed E-state index contributed by atoms with van der Waals surface area (Å²) in [5, 5.41) is 0. The number of amides is 7. The van der Waals surface area contributed by atoms with Crippen LogP contribution >= 0.6 is 0 Å². The Hall–Kier alpha value is -7.90. The maximum absolute atomic E-state index is 10.7. The molecular weight excluding hydrogens is 955 g/mol. The topological polar surface area (TPSA) is 221 Å². The molecule has 74 heavy (non-hydrogen) atoms. The fourth-order valence-electron chi connectivity index (χ4n) is 6.39. The first-order valence-corrected chi connectivity index (χ1v) is 24.0. The SMILES string of the molecule is C=CN1CCCC1=O.C=CN1CCCC1=O.C=CN1CCCC1=O.C=CN1CCCC1=O.C=CN1CCCC1=O.C=CN1CCCC1=O.C=CN1CCCC1=O.C=COC(C)=O.C=COC(C)=O.C=COC(C)=O. The molecule has 0 unspecified atom stereocenters. The van der Waals surface area contributed by atoms with E-state index < -0.39 is 0 Å². The molecule has 0 N–H and O–H groups in total. The Labute approximate surface area is 438 Å². The van der Waals surface area contributed by atoms with Gasteiger partial charge in [-0.1, -0.05) is 65.8 Å². The van der Waals surface area contributed by atoms with E-state index >= 15 is 0 Å². The van der Waals surface area contributed by atoms with Crippen molar-refractivity contribution in [3.63, 3.8) is 0 Å². The van der Waals surface area contributed by atoms with Crippen LogP contribution in [0.1, 0.15) is 111 Å². The molecule has 7 saturated heterocycles. The Morgan fingerprint density at radius 3 is 0.446 bits per heavy atom. The van der Waals surface area contributed by atoms with E-state index in [9.17, 15) is 47.9 Å². The van der Waals surface area contributed by atoms with Crippen molar-refractivity contribution in [2.24, 2.45) is 0 Å². The van der Waals surface area contributed by atoms with E-state index in [-0.39, 0.29) is 59.3 Å². The van der Waals surface area contributed by atoms with E-state index in [4.69, 9.17) is 0 Å². The lowest BCUT2D eigenvalue weighted by Gasteiger charge is -2.05. The Morgan fingerprint density at radius 2 is 0.419 bits per heavy atom. The van der Waals surface area contributed by atoms with Crippen LogP contribution in [-0.4, -0.2) is 139 Å². The summed E-state index contributed by atoms with van der Waals surface area (Å²) in [5.41, 5.74) is 0. The minimum atomic E-state index is -0.329. The molecule has 7 rings (SSSR count). The number of carbonyl (C=O) groups is 10. The van der Waals surface area contributed by atoms with E-state index in [1.54, 1.807) is 77.7 Å². The number of likely N-dealkylation sites (tertiary alicyclic amines) is 7. The lowest BCUT2D eigenvalue weighted by molar-refractivity contribution is -0.136. The Bertz CT molecular complexity index is 1590. The van der Waals surface area contributed by atoms with Gasteiger partial charge in [-0.25, -0.2) is 0 Å². The highest BCUT2D eigenvalue weighted by Crippen LogP contribution is 2.12. The van der Waals surface area contributed by atoms with Crippen molar-refractivity contribution in [2.75, 3.05) is 45.8 Å². The third kappa shape index (κ3) is 35.2. The lowest BCUT2D eigenvalue weighted by atomic mass is 10.4. The second-order valence-electron chi connectivity index (χ2n) is 15.4.